The van der Waals surface area contributed by atoms with E-state index >= 15 is 0 Å². The number of benzene rings is 2. The van der Waals surface area contributed by atoms with Crippen molar-refractivity contribution in [2.24, 2.45) is 0 Å². The Kier molecular flexibility index (Phi) is 7.96. The van der Waals surface area contributed by atoms with Crippen LogP contribution >= 0.6 is 31.9 Å². The van der Waals surface area contributed by atoms with Gasteiger partial charge in [-0.2, -0.15) is 0 Å². The highest BCUT2D eigenvalue weighted by atomic mass is 79.9. The van der Waals surface area contributed by atoms with E-state index in [2.05, 4.69) is 31.9 Å². The van der Waals surface area contributed by atoms with Crippen LogP contribution in [-0.4, -0.2) is 16.4 Å². The number of halogens is 4. The van der Waals surface area contributed by atoms with Crippen LogP contribution < -0.4 is 0 Å². The Balaban J connectivity index is 2.35. The summed E-state index contributed by atoms with van der Waals surface area (Å²) in [5.41, 5.74) is 2.53. The van der Waals surface area contributed by atoms with E-state index in [-0.39, 0.29) is 17.4 Å². The minimum atomic E-state index is -0.494. The van der Waals surface area contributed by atoms with E-state index in [1.165, 1.54) is 12.1 Å². The van der Waals surface area contributed by atoms with Crippen LogP contribution in [0.4, 0.5) is 8.78 Å². The summed E-state index contributed by atoms with van der Waals surface area (Å²) in [4.78, 5) is 13.1. The zero-order chi connectivity index (χ0) is 19.3. The van der Waals surface area contributed by atoms with E-state index in [9.17, 15) is 13.6 Å². The first-order chi connectivity index (χ1) is 12.5. The summed E-state index contributed by atoms with van der Waals surface area (Å²) in [6.07, 6.45) is 1.21. The smallest absolute Gasteiger partial charge is 0.149 e. The van der Waals surface area contributed by atoms with Gasteiger partial charge in [0.05, 0.1) is 11.8 Å². The molecule has 0 heterocycles. The Morgan fingerprint density at radius 3 is 1.50 bits per heavy atom. The number of rotatable bonds is 8. The van der Waals surface area contributed by atoms with E-state index < -0.39 is 11.8 Å². The number of Topliss-reactive ketones (excluding diaryl/α,β-unsaturated/α-hetero) is 1. The molecule has 2 atom stereocenters. The average Bonchev–Trinajstić information content (AvgIpc) is 2.63. The second kappa shape index (κ2) is 9.75. The Labute approximate surface area is 170 Å². The third-order valence-electron chi connectivity index (χ3n) is 4.72. The molecule has 5 heteroatoms. The molecule has 2 unspecified atom stereocenters. The van der Waals surface area contributed by atoms with Crippen molar-refractivity contribution >= 4 is 37.6 Å². The lowest BCUT2D eigenvalue weighted by molar-refractivity contribution is -0.121. The van der Waals surface area contributed by atoms with Gasteiger partial charge in [0.25, 0.3) is 0 Å². The Morgan fingerprint density at radius 2 is 1.23 bits per heavy atom. The standard InChI is InChI=1S/C21H22Br2F2O/c1-3-13-5-7-15(9-19(13)24)17(11-22)21(26)18(12-23)16-8-6-14(4-2)20(25)10-16/h5-10,17-18H,3-4,11-12H2,1-2H3. The van der Waals surface area contributed by atoms with Gasteiger partial charge in [0, 0.05) is 10.7 Å². The number of alkyl halides is 2. The van der Waals surface area contributed by atoms with Gasteiger partial charge in [0.2, 0.25) is 0 Å². The minimum Gasteiger partial charge on any atom is -0.298 e. The van der Waals surface area contributed by atoms with Gasteiger partial charge < -0.3 is 0 Å². The quantitative estimate of drug-likeness (QED) is 0.398. The van der Waals surface area contributed by atoms with Crippen molar-refractivity contribution < 1.29 is 13.6 Å². The van der Waals surface area contributed by atoms with Crippen LogP contribution in [0, 0.1) is 11.6 Å². The van der Waals surface area contributed by atoms with Crippen LogP contribution in [0.3, 0.4) is 0 Å². The molecular formula is C21H22Br2F2O. The van der Waals surface area contributed by atoms with Gasteiger partial charge in [-0.15, -0.1) is 0 Å². The fraction of sp³-hybridized carbons (Fsp3) is 0.381. The fourth-order valence-corrected chi connectivity index (χ4v) is 4.42. The average molecular weight is 488 g/mol. The molecule has 2 aromatic rings. The van der Waals surface area contributed by atoms with Gasteiger partial charge >= 0.3 is 0 Å². The highest BCUT2D eigenvalue weighted by Crippen LogP contribution is 2.31. The van der Waals surface area contributed by atoms with Crippen molar-refractivity contribution in [3.63, 3.8) is 0 Å². The van der Waals surface area contributed by atoms with Gasteiger partial charge in [0.1, 0.15) is 17.4 Å². The highest BCUT2D eigenvalue weighted by Gasteiger charge is 2.29. The van der Waals surface area contributed by atoms with E-state index in [1.54, 1.807) is 24.3 Å². The topological polar surface area (TPSA) is 17.1 Å². The van der Waals surface area contributed by atoms with E-state index in [0.717, 1.165) is 0 Å². The molecule has 0 radical (unpaired) electrons. The van der Waals surface area contributed by atoms with Gasteiger partial charge in [0.15, 0.2) is 0 Å². The SMILES string of the molecule is CCc1ccc(C(CBr)C(=O)C(CBr)c2ccc(CC)c(F)c2)cc1F. The van der Waals surface area contributed by atoms with Crippen LogP contribution in [0.2, 0.25) is 0 Å². The first-order valence-corrected chi connectivity index (χ1v) is 10.9. The summed E-state index contributed by atoms with van der Waals surface area (Å²) in [6, 6.07) is 9.94. The summed E-state index contributed by atoms with van der Waals surface area (Å²) in [5.74, 6) is -1.64. The van der Waals surface area contributed by atoms with E-state index in [1.807, 2.05) is 13.8 Å². The van der Waals surface area contributed by atoms with Crippen molar-refractivity contribution in [1.82, 2.24) is 0 Å². The summed E-state index contributed by atoms with van der Waals surface area (Å²) in [5, 5.41) is 0.769. The molecule has 0 aliphatic rings. The molecule has 1 nitrogen and oxygen atoms in total. The van der Waals surface area contributed by atoms with Gasteiger partial charge in [-0.05, 0) is 47.2 Å². The third-order valence-corrected chi connectivity index (χ3v) is 6.01. The lowest BCUT2D eigenvalue weighted by Gasteiger charge is -2.21. The molecule has 26 heavy (non-hydrogen) atoms. The normalized spacial score (nSPS) is 13.5. The molecule has 2 aromatic carbocycles. The Morgan fingerprint density at radius 1 is 0.846 bits per heavy atom. The number of carbonyl (C=O) groups excluding carboxylic acids is 1. The molecule has 0 bridgehead atoms. The van der Waals surface area contributed by atoms with Crippen molar-refractivity contribution in [3.8, 4) is 0 Å². The maximum absolute atomic E-state index is 14.2. The van der Waals surface area contributed by atoms with Crippen molar-refractivity contribution in [1.29, 1.82) is 0 Å². The molecule has 0 amide bonds. The molecule has 2 rings (SSSR count). The van der Waals surface area contributed by atoms with Gasteiger partial charge in [-0.3, -0.25) is 4.79 Å². The first-order valence-electron chi connectivity index (χ1n) is 8.69. The maximum Gasteiger partial charge on any atom is 0.149 e. The van der Waals surface area contributed by atoms with Gasteiger partial charge in [-0.25, -0.2) is 8.78 Å². The van der Waals surface area contributed by atoms with Crippen molar-refractivity contribution in [3.05, 3.63) is 70.3 Å². The largest absolute Gasteiger partial charge is 0.298 e. The third kappa shape index (κ3) is 4.61. The van der Waals surface area contributed by atoms with Crippen LogP contribution in [0.5, 0.6) is 0 Å². The maximum atomic E-state index is 14.2. The predicted octanol–water partition coefficient (Wildman–Crippen LogP) is 6.32. The second-order valence-corrected chi connectivity index (χ2v) is 7.52. The van der Waals surface area contributed by atoms with Crippen molar-refractivity contribution in [2.75, 3.05) is 10.7 Å². The molecule has 0 aromatic heterocycles. The zero-order valence-corrected chi connectivity index (χ0v) is 18.0. The van der Waals surface area contributed by atoms with E-state index in [0.29, 0.717) is 45.8 Å². The molecule has 0 N–H and O–H groups in total. The first kappa shape index (κ1) is 21.2. The van der Waals surface area contributed by atoms with Crippen molar-refractivity contribution in [2.45, 2.75) is 38.5 Å². The molecule has 0 aliphatic carbocycles. The Bertz CT molecular complexity index is 713. The van der Waals surface area contributed by atoms with E-state index in [4.69, 9.17) is 0 Å². The van der Waals surface area contributed by atoms with Crippen LogP contribution in [-0.2, 0) is 17.6 Å². The number of aryl methyl sites for hydroxylation is 2. The number of hydrogen-bond acceptors (Lipinski definition) is 1. The number of ketones is 1. The number of carbonyl (C=O) groups is 1. The molecule has 0 fully saturated rings. The summed E-state index contributed by atoms with van der Waals surface area (Å²) < 4.78 is 28.3. The molecule has 140 valence electrons. The summed E-state index contributed by atoms with van der Waals surface area (Å²) in [7, 11) is 0. The molecule has 0 saturated carbocycles. The minimum absolute atomic E-state index is 0.0638. The monoisotopic (exact) mass is 486 g/mol. The predicted molar refractivity (Wildman–Crippen MR) is 110 cm³/mol. The Hall–Kier alpha value is -1.07. The molecule has 0 spiro atoms. The second-order valence-electron chi connectivity index (χ2n) is 6.22. The zero-order valence-electron chi connectivity index (χ0n) is 14.9. The lowest BCUT2D eigenvalue weighted by atomic mass is 9.85. The summed E-state index contributed by atoms with van der Waals surface area (Å²) >= 11 is 6.78. The summed E-state index contributed by atoms with van der Waals surface area (Å²) in [6.45, 7) is 3.78. The lowest BCUT2D eigenvalue weighted by Crippen LogP contribution is -2.23. The van der Waals surface area contributed by atoms with Gasteiger partial charge in [-0.1, -0.05) is 70.0 Å². The number of hydrogen-bond donors (Lipinski definition) is 0. The molecule has 0 aliphatic heterocycles. The van der Waals surface area contributed by atoms with Crippen LogP contribution in [0.25, 0.3) is 0 Å². The van der Waals surface area contributed by atoms with Crippen LogP contribution in [0.1, 0.15) is 47.9 Å². The molecule has 0 saturated heterocycles. The highest BCUT2D eigenvalue weighted by molar-refractivity contribution is 9.09. The molecular weight excluding hydrogens is 466 g/mol. The fourth-order valence-electron chi connectivity index (χ4n) is 3.04. The van der Waals surface area contributed by atoms with Crippen LogP contribution in [0.15, 0.2) is 36.4 Å².